The largest absolute Gasteiger partial charge is 0.490 e. The Morgan fingerprint density at radius 3 is 2.71 bits per heavy atom. The normalized spacial score (nSPS) is 10.2. The lowest BCUT2D eigenvalue weighted by molar-refractivity contribution is -0.385. The molecule has 1 aromatic carbocycles. The van der Waals surface area contributed by atoms with Gasteiger partial charge in [-0.15, -0.1) is 0 Å². The van der Waals surface area contributed by atoms with Crippen LogP contribution in [0.3, 0.4) is 0 Å². The Morgan fingerprint density at radius 1 is 1.33 bits per heavy atom. The zero-order chi connectivity index (χ0) is 15.2. The van der Waals surface area contributed by atoms with Gasteiger partial charge in [0.2, 0.25) is 0 Å². The third kappa shape index (κ3) is 3.91. The summed E-state index contributed by atoms with van der Waals surface area (Å²) < 4.78 is 10.5. The van der Waals surface area contributed by atoms with Gasteiger partial charge in [-0.2, -0.15) is 0 Å². The molecule has 1 heterocycles. The summed E-state index contributed by atoms with van der Waals surface area (Å²) in [6, 6.07) is 8.39. The fourth-order valence-electron chi connectivity index (χ4n) is 1.71. The summed E-state index contributed by atoms with van der Waals surface area (Å²) in [5.41, 5.74) is 1.51. The van der Waals surface area contributed by atoms with Crippen molar-refractivity contribution < 1.29 is 14.4 Å². The number of nitro groups is 1. The predicted molar refractivity (Wildman–Crippen MR) is 80.8 cm³/mol. The molecule has 0 unspecified atom stereocenters. The number of nitro benzene ring substituents is 1. The van der Waals surface area contributed by atoms with Crippen molar-refractivity contribution in [1.82, 2.24) is 4.98 Å². The Morgan fingerprint density at radius 2 is 2.14 bits per heavy atom. The molecular formula is C14H13BrN2O4. The molecular weight excluding hydrogens is 340 g/mol. The van der Waals surface area contributed by atoms with Crippen molar-refractivity contribution in [2.75, 3.05) is 7.11 Å². The van der Waals surface area contributed by atoms with Crippen molar-refractivity contribution in [1.29, 1.82) is 0 Å². The number of alkyl halides is 1. The molecule has 0 aliphatic rings. The Kier molecular flexibility index (Phi) is 5.10. The van der Waals surface area contributed by atoms with Crippen LogP contribution in [0.5, 0.6) is 11.5 Å². The van der Waals surface area contributed by atoms with E-state index in [2.05, 4.69) is 20.9 Å². The third-order valence-electron chi connectivity index (χ3n) is 2.78. The highest BCUT2D eigenvalue weighted by atomic mass is 79.9. The molecule has 110 valence electrons. The summed E-state index contributed by atoms with van der Waals surface area (Å²) in [4.78, 5) is 14.7. The average Bonchev–Trinajstić information content (AvgIpc) is 2.53. The van der Waals surface area contributed by atoms with Gasteiger partial charge in [0.25, 0.3) is 0 Å². The maximum Gasteiger partial charge on any atom is 0.311 e. The van der Waals surface area contributed by atoms with Crippen LogP contribution < -0.4 is 9.47 Å². The first-order chi connectivity index (χ1) is 10.1. The van der Waals surface area contributed by atoms with Crippen LogP contribution in [0.25, 0.3) is 0 Å². The molecule has 2 rings (SSSR count). The molecule has 7 heteroatoms. The first-order valence-electron chi connectivity index (χ1n) is 6.09. The predicted octanol–water partition coefficient (Wildman–Crippen LogP) is 3.47. The van der Waals surface area contributed by atoms with Crippen LogP contribution in [0, 0.1) is 10.1 Å². The van der Waals surface area contributed by atoms with E-state index in [4.69, 9.17) is 9.47 Å². The number of nitrogens with zero attached hydrogens (tertiary/aromatic N) is 2. The highest BCUT2D eigenvalue weighted by Crippen LogP contribution is 2.28. The molecule has 21 heavy (non-hydrogen) atoms. The molecule has 0 saturated heterocycles. The van der Waals surface area contributed by atoms with E-state index >= 15 is 0 Å². The van der Waals surface area contributed by atoms with E-state index in [1.54, 1.807) is 18.3 Å². The minimum atomic E-state index is -0.477. The number of hydrogen-bond acceptors (Lipinski definition) is 5. The van der Waals surface area contributed by atoms with Crippen LogP contribution >= 0.6 is 15.9 Å². The molecule has 0 saturated carbocycles. The quantitative estimate of drug-likeness (QED) is 0.452. The maximum absolute atomic E-state index is 10.9. The first-order valence-corrected chi connectivity index (χ1v) is 7.21. The van der Waals surface area contributed by atoms with Crippen LogP contribution in [0.4, 0.5) is 5.69 Å². The molecule has 0 spiro atoms. The van der Waals surface area contributed by atoms with Crippen LogP contribution in [0.1, 0.15) is 11.3 Å². The fourth-order valence-corrected chi connectivity index (χ4v) is 2.04. The zero-order valence-corrected chi connectivity index (χ0v) is 12.9. The smallest absolute Gasteiger partial charge is 0.311 e. The van der Waals surface area contributed by atoms with Gasteiger partial charge < -0.3 is 9.47 Å². The van der Waals surface area contributed by atoms with Crippen LogP contribution in [-0.2, 0) is 11.9 Å². The first kappa shape index (κ1) is 15.2. The summed E-state index contributed by atoms with van der Waals surface area (Å²) in [6.45, 7) is 0.222. The number of aromatic nitrogens is 1. The SMILES string of the molecule is COc1ccc(COc2ccc(CBr)nc2)cc1[N+](=O)[O-]. The van der Waals surface area contributed by atoms with E-state index in [9.17, 15) is 10.1 Å². The molecule has 0 radical (unpaired) electrons. The second kappa shape index (κ2) is 7.03. The van der Waals surface area contributed by atoms with Gasteiger partial charge in [0.05, 0.1) is 23.9 Å². The summed E-state index contributed by atoms with van der Waals surface area (Å²) in [5, 5.41) is 11.6. The minimum Gasteiger partial charge on any atom is -0.490 e. The van der Waals surface area contributed by atoms with Gasteiger partial charge in [-0.25, -0.2) is 0 Å². The Bertz CT molecular complexity index is 631. The number of pyridine rings is 1. The van der Waals surface area contributed by atoms with Gasteiger partial charge in [0.15, 0.2) is 5.75 Å². The molecule has 2 aromatic rings. The molecule has 0 aliphatic carbocycles. The zero-order valence-electron chi connectivity index (χ0n) is 11.3. The van der Waals surface area contributed by atoms with Gasteiger partial charge in [0, 0.05) is 11.4 Å². The molecule has 0 atom stereocenters. The number of halogens is 1. The molecule has 1 aromatic heterocycles. The van der Waals surface area contributed by atoms with Crippen LogP contribution in [0.2, 0.25) is 0 Å². The average molecular weight is 353 g/mol. The molecule has 0 N–H and O–H groups in total. The lowest BCUT2D eigenvalue weighted by atomic mass is 10.2. The van der Waals surface area contributed by atoms with Crippen molar-refractivity contribution >= 4 is 21.6 Å². The summed E-state index contributed by atoms with van der Waals surface area (Å²) in [5.74, 6) is 0.838. The van der Waals surface area contributed by atoms with E-state index in [1.807, 2.05) is 12.1 Å². The van der Waals surface area contributed by atoms with E-state index in [0.29, 0.717) is 16.6 Å². The fraction of sp³-hybridized carbons (Fsp3) is 0.214. The van der Waals surface area contributed by atoms with E-state index < -0.39 is 4.92 Å². The monoisotopic (exact) mass is 352 g/mol. The molecule has 0 bridgehead atoms. The molecule has 0 amide bonds. The highest BCUT2D eigenvalue weighted by molar-refractivity contribution is 9.08. The van der Waals surface area contributed by atoms with Gasteiger partial charge >= 0.3 is 5.69 Å². The number of methoxy groups -OCH3 is 1. The van der Waals surface area contributed by atoms with E-state index in [0.717, 1.165) is 5.69 Å². The molecule has 0 aliphatic heterocycles. The van der Waals surface area contributed by atoms with Crippen molar-refractivity contribution in [2.24, 2.45) is 0 Å². The van der Waals surface area contributed by atoms with Gasteiger partial charge in [0.1, 0.15) is 12.4 Å². The number of benzene rings is 1. The van der Waals surface area contributed by atoms with Crippen LogP contribution in [-0.4, -0.2) is 17.0 Å². The van der Waals surface area contributed by atoms with Crippen molar-refractivity contribution in [3.8, 4) is 11.5 Å². The summed E-state index contributed by atoms with van der Waals surface area (Å²) >= 11 is 3.31. The number of ether oxygens (including phenoxy) is 2. The lowest BCUT2D eigenvalue weighted by Gasteiger charge is -2.07. The van der Waals surface area contributed by atoms with Crippen LogP contribution in [0.15, 0.2) is 36.5 Å². The number of rotatable bonds is 6. The Balaban J connectivity index is 2.08. The highest BCUT2D eigenvalue weighted by Gasteiger charge is 2.15. The Labute approximate surface area is 130 Å². The Hall–Kier alpha value is -2.15. The van der Waals surface area contributed by atoms with Crippen molar-refractivity contribution in [2.45, 2.75) is 11.9 Å². The topological polar surface area (TPSA) is 74.5 Å². The van der Waals surface area contributed by atoms with E-state index in [-0.39, 0.29) is 18.0 Å². The third-order valence-corrected chi connectivity index (χ3v) is 3.35. The lowest BCUT2D eigenvalue weighted by Crippen LogP contribution is -1.99. The molecule has 6 nitrogen and oxygen atoms in total. The van der Waals surface area contributed by atoms with Crippen molar-refractivity contribution in [3.63, 3.8) is 0 Å². The second-order valence-corrected chi connectivity index (χ2v) is 4.73. The maximum atomic E-state index is 10.9. The minimum absolute atomic E-state index is 0.0774. The van der Waals surface area contributed by atoms with Gasteiger partial charge in [-0.3, -0.25) is 15.1 Å². The van der Waals surface area contributed by atoms with Gasteiger partial charge in [-0.05, 0) is 23.8 Å². The standard InChI is InChI=1S/C14H13BrN2O4/c1-20-14-5-2-10(6-13(14)17(18)19)9-21-12-4-3-11(7-15)16-8-12/h2-6,8H,7,9H2,1H3. The van der Waals surface area contributed by atoms with E-state index in [1.165, 1.54) is 13.2 Å². The second-order valence-electron chi connectivity index (χ2n) is 4.17. The van der Waals surface area contributed by atoms with Crippen molar-refractivity contribution in [3.05, 3.63) is 57.9 Å². The van der Waals surface area contributed by atoms with Gasteiger partial charge in [-0.1, -0.05) is 22.0 Å². The number of hydrogen-bond donors (Lipinski definition) is 0. The molecule has 0 fully saturated rings. The summed E-state index contributed by atoms with van der Waals surface area (Å²) in [7, 11) is 1.40. The summed E-state index contributed by atoms with van der Waals surface area (Å²) in [6.07, 6.45) is 1.62.